The summed E-state index contributed by atoms with van der Waals surface area (Å²) < 4.78 is 0.936. The van der Waals surface area contributed by atoms with Gasteiger partial charge in [0.25, 0.3) is 0 Å². The standard InChI is InChI=1S/C17H21BrN2O/c1-4-20(11-14-7-5-6-12(2)19-14)15-8-9-16(13(3)21)17(18)10-15/h5-10,13,21H,4,11H2,1-3H3. The second kappa shape index (κ2) is 7.05. The highest BCUT2D eigenvalue weighted by Crippen LogP contribution is 2.28. The first kappa shape index (κ1) is 16.0. The number of rotatable bonds is 5. The Labute approximate surface area is 134 Å². The molecular formula is C17H21BrN2O. The van der Waals surface area contributed by atoms with E-state index in [-0.39, 0.29) is 0 Å². The van der Waals surface area contributed by atoms with Crippen LogP contribution in [0.1, 0.15) is 36.9 Å². The van der Waals surface area contributed by atoms with Crippen LogP contribution in [-0.4, -0.2) is 16.6 Å². The first-order valence-electron chi connectivity index (χ1n) is 7.16. The van der Waals surface area contributed by atoms with E-state index >= 15 is 0 Å². The lowest BCUT2D eigenvalue weighted by atomic mass is 10.1. The number of hydrogen-bond acceptors (Lipinski definition) is 3. The van der Waals surface area contributed by atoms with Crippen LogP contribution in [0.4, 0.5) is 5.69 Å². The van der Waals surface area contributed by atoms with E-state index in [4.69, 9.17) is 0 Å². The Hall–Kier alpha value is -1.39. The molecule has 4 heteroatoms. The van der Waals surface area contributed by atoms with Crippen molar-refractivity contribution < 1.29 is 5.11 Å². The van der Waals surface area contributed by atoms with Gasteiger partial charge in [0.15, 0.2) is 0 Å². The summed E-state index contributed by atoms with van der Waals surface area (Å²) in [5.74, 6) is 0. The molecule has 0 spiro atoms. The monoisotopic (exact) mass is 348 g/mol. The molecule has 0 bridgehead atoms. The lowest BCUT2D eigenvalue weighted by Gasteiger charge is -2.24. The highest BCUT2D eigenvalue weighted by atomic mass is 79.9. The van der Waals surface area contributed by atoms with Crippen molar-refractivity contribution >= 4 is 21.6 Å². The molecule has 0 amide bonds. The van der Waals surface area contributed by atoms with Crippen molar-refractivity contribution in [3.05, 3.63) is 57.8 Å². The van der Waals surface area contributed by atoms with Crippen molar-refractivity contribution in [3.8, 4) is 0 Å². The van der Waals surface area contributed by atoms with Crippen molar-refractivity contribution in [1.29, 1.82) is 0 Å². The number of aromatic nitrogens is 1. The van der Waals surface area contributed by atoms with Gasteiger partial charge in [0.1, 0.15) is 0 Å². The van der Waals surface area contributed by atoms with Crippen molar-refractivity contribution in [2.45, 2.75) is 33.4 Å². The average molecular weight is 349 g/mol. The van der Waals surface area contributed by atoms with E-state index in [0.29, 0.717) is 0 Å². The van der Waals surface area contributed by atoms with Crippen LogP contribution in [0.3, 0.4) is 0 Å². The molecule has 3 nitrogen and oxygen atoms in total. The van der Waals surface area contributed by atoms with Gasteiger partial charge in [-0.05, 0) is 50.6 Å². The lowest BCUT2D eigenvalue weighted by molar-refractivity contribution is 0.198. The van der Waals surface area contributed by atoms with Crippen LogP contribution in [0.15, 0.2) is 40.9 Å². The summed E-state index contributed by atoms with van der Waals surface area (Å²) in [6.07, 6.45) is -0.470. The zero-order chi connectivity index (χ0) is 15.4. The van der Waals surface area contributed by atoms with Crippen LogP contribution in [0.25, 0.3) is 0 Å². The fourth-order valence-corrected chi connectivity index (χ4v) is 3.02. The third-order valence-electron chi connectivity index (χ3n) is 3.48. The Bertz CT molecular complexity index is 613. The maximum Gasteiger partial charge on any atom is 0.0772 e. The predicted octanol–water partition coefficient (Wildman–Crippen LogP) is 4.23. The Morgan fingerprint density at radius 1 is 1.29 bits per heavy atom. The molecule has 1 aromatic heterocycles. The molecule has 1 unspecified atom stereocenters. The van der Waals surface area contributed by atoms with Gasteiger partial charge < -0.3 is 10.0 Å². The van der Waals surface area contributed by atoms with Gasteiger partial charge in [0, 0.05) is 22.4 Å². The summed E-state index contributed by atoms with van der Waals surface area (Å²) in [4.78, 5) is 6.82. The normalized spacial score (nSPS) is 12.2. The summed E-state index contributed by atoms with van der Waals surface area (Å²) >= 11 is 3.54. The lowest BCUT2D eigenvalue weighted by Crippen LogP contribution is -2.22. The van der Waals surface area contributed by atoms with Gasteiger partial charge in [-0.15, -0.1) is 0 Å². The fourth-order valence-electron chi connectivity index (χ4n) is 2.32. The number of pyridine rings is 1. The van der Waals surface area contributed by atoms with Gasteiger partial charge in [-0.2, -0.15) is 0 Å². The molecule has 0 saturated heterocycles. The van der Waals surface area contributed by atoms with Crippen molar-refractivity contribution in [1.82, 2.24) is 4.98 Å². The topological polar surface area (TPSA) is 36.4 Å². The molecule has 0 aliphatic heterocycles. The zero-order valence-electron chi connectivity index (χ0n) is 12.7. The quantitative estimate of drug-likeness (QED) is 0.878. The predicted molar refractivity (Wildman–Crippen MR) is 90.5 cm³/mol. The molecule has 2 aromatic rings. The number of aliphatic hydroxyl groups is 1. The molecule has 1 atom stereocenters. The minimum Gasteiger partial charge on any atom is -0.389 e. The molecule has 1 heterocycles. The van der Waals surface area contributed by atoms with E-state index in [1.54, 1.807) is 6.92 Å². The Morgan fingerprint density at radius 3 is 2.62 bits per heavy atom. The minimum atomic E-state index is -0.470. The van der Waals surface area contributed by atoms with Gasteiger partial charge in [-0.25, -0.2) is 0 Å². The largest absolute Gasteiger partial charge is 0.389 e. The number of hydrogen-bond donors (Lipinski definition) is 1. The summed E-state index contributed by atoms with van der Waals surface area (Å²) in [5, 5.41) is 9.70. The van der Waals surface area contributed by atoms with Gasteiger partial charge >= 0.3 is 0 Å². The zero-order valence-corrected chi connectivity index (χ0v) is 14.3. The number of anilines is 1. The van der Waals surface area contributed by atoms with E-state index in [9.17, 15) is 5.11 Å². The number of aryl methyl sites for hydroxylation is 1. The summed E-state index contributed by atoms with van der Waals surface area (Å²) in [6.45, 7) is 7.59. The molecule has 0 aliphatic carbocycles. The smallest absolute Gasteiger partial charge is 0.0772 e. The van der Waals surface area contributed by atoms with E-state index in [1.165, 1.54) is 0 Å². The fraction of sp³-hybridized carbons (Fsp3) is 0.353. The van der Waals surface area contributed by atoms with Crippen LogP contribution < -0.4 is 4.90 Å². The molecule has 1 aromatic carbocycles. The molecule has 112 valence electrons. The third kappa shape index (κ3) is 4.05. The Morgan fingerprint density at radius 2 is 2.05 bits per heavy atom. The van der Waals surface area contributed by atoms with Crippen LogP contribution in [0.5, 0.6) is 0 Å². The number of halogens is 1. The van der Waals surface area contributed by atoms with E-state index in [0.717, 1.165) is 40.2 Å². The van der Waals surface area contributed by atoms with E-state index in [1.807, 2.05) is 31.2 Å². The third-order valence-corrected chi connectivity index (χ3v) is 4.17. The van der Waals surface area contributed by atoms with Crippen molar-refractivity contribution in [3.63, 3.8) is 0 Å². The molecule has 2 rings (SSSR count). The van der Waals surface area contributed by atoms with E-state index in [2.05, 4.69) is 44.9 Å². The summed E-state index contributed by atoms with van der Waals surface area (Å²) in [7, 11) is 0. The molecule has 0 aliphatic rings. The Kier molecular flexibility index (Phi) is 5.37. The molecule has 1 N–H and O–H groups in total. The van der Waals surface area contributed by atoms with Gasteiger partial charge in [-0.1, -0.05) is 28.1 Å². The van der Waals surface area contributed by atoms with Crippen LogP contribution in [0.2, 0.25) is 0 Å². The maximum atomic E-state index is 9.70. The molecule has 0 saturated carbocycles. The van der Waals surface area contributed by atoms with Crippen LogP contribution in [-0.2, 0) is 6.54 Å². The minimum absolute atomic E-state index is 0.470. The number of aliphatic hydroxyl groups excluding tert-OH is 1. The van der Waals surface area contributed by atoms with Gasteiger partial charge in [-0.3, -0.25) is 4.98 Å². The summed E-state index contributed by atoms with van der Waals surface area (Å²) in [6, 6.07) is 12.2. The second-order valence-corrected chi connectivity index (χ2v) is 6.02. The van der Waals surface area contributed by atoms with Crippen molar-refractivity contribution in [2.24, 2.45) is 0 Å². The first-order chi connectivity index (χ1) is 10.0. The maximum absolute atomic E-state index is 9.70. The molecule has 0 fully saturated rings. The highest BCUT2D eigenvalue weighted by molar-refractivity contribution is 9.10. The van der Waals surface area contributed by atoms with Crippen LogP contribution in [0, 0.1) is 6.92 Å². The second-order valence-electron chi connectivity index (χ2n) is 5.17. The Balaban J connectivity index is 2.23. The highest BCUT2D eigenvalue weighted by Gasteiger charge is 2.11. The van der Waals surface area contributed by atoms with Gasteiger partial charge in [0.2, 0.25) is 0 Å². The molecular weight excluding hydrogens is 328 g/mol. The molecule has 0 radical (unpaired) electrons. The van der Waals surface area contributed by atoms with Crippen LogP contribution >= 0.6 is 15.9 Å². The number of benzene rings is 1. The number of nitrogens with zero attached hydrogens (tertiary/aromatic N) is 2. The SMILES string of the molecule is CCN(Cc1cccc(C)n1)c1ccc(C(C)O)c(Br)c1. The van der Waals surface area contributed by atoms with Gasteiger partial charge in [0.05, 0.1) is 18.3 Å². The van der Waals surface area contributed by atoms with Crippen molar-refractivity contribution in [2.75, 3.05) is 11.4 Å². The molecule has 21 heavy (non-hydrogen) atoms. The summed E-state index contributed by atoms with van der Waals surface area (Å²) in [5.41, 5.74) is 4.13. The van der Waals surface area contributed by atoms with E-state index < -0.39 is 6.10 Å². The average Bonchev–Trinajstić information content (AvgIpc) is 2.44. The first-order valence-corrected chi connectivity index (χ1v) is 7.95.